The molecule has 144 valence electrons. The zero-order valence-corrected chi connectivity index (χ0v) is 15.3. The lowest BCUT2D eigenvalue weighted by atomic mass is 10.2. The average molecular weight is 381 g/mol. The number of esters is 1. The normalized spacial score (nSPS) is 10.6. The summed E-state index contributed by atoms with van der Waals surface area (Å²) in [6, 6.07) is 8.76. The maximum absolute atomic E-state index is 12.3. The van der Waals surface area contributed by atoms with Crippen molar-refractivity contribution >= 4 is 34.6 Å². The monoisotopic (exact) mass is 381 g/mol. The molecule has 0 radical (unpaired) electrons. The summed E-state index contributed by atoms with van der Waals surface area (Å²) >= 11 is 0. The van der Waals surface area contributed by atoms with Gasteiger partial charge < -0.3 is 14.6 Å². The highest BCUT2D eigenvalue weighted by Crippen LogP contribution is 2.18. The van der Waals surface area contributed by atoms with E-state index in [4.69, 9.17) is 4.74 Å². The summed E-state index contributed by atoms with van der Waals surface area (Å²) in [5.41, 5.74) is 1.41. The Morgan fingerprint density at radius 2 is 1.89 bits per heavy atom. The topological polar surface area (TPSA) is 116 Å². The van der Waals surface area contributed by atoms with Crippen LogP contribution in [-0.4, -0.2) is 43.8 Å². The molecule has 2 heterocycles. The van der Waals surface area contributed by atoms with E-state index in [2.05, 4.69) is 20.3 Å². The minimum atomic E-state index is -0.531. The van der Waals surface area contributed by atoms with Gasteiger partial charge in [0.1, 0.15) is 18.5 Å². The molecular formula is C19H19N5O4. The summed E-state index contributed by atoms with van der Waals surface area (Å²) in [4.78, 5) is 48.1. The number of amides is 1. The third kappa shape index (κ3) is 4.56. The molecule has 28 heavy (non-hydrogen) atoms. The van der Waals surface area contributed by atoms with E-state index in [0.29, 0.717) is 23.3 Å². The van der Waals surface area contributed by atoms with Crippen molar-refractivity contribution in [1.29, 1.82) is 0 Å². The van der Waals surface area contributed by atoms with Crippen LogP contribution in [-0.2, 0) is 20.9 Å². The predicted octanol–water partition coefficient (Wildman–Crippen LogP) is 1.99. The number of hydrogen-bond acceptors (Lipinski definition) is 7. The number of rotatable bonds is 8. The van der Waals surface area contributed by atoms with Gasteiger partial charge in [-0.15, -0.1) is 0 Å². The molecular weight excluding hydrogens is 362 g/mol. The fourth-order valence-electron chi connectivity index (χ4n) is 2.61. The molecule has 3 aromatic rings. The van der Waals surface area contributed by atoms with Crippen molar-refractivity contribution in [2.45, 2.75) is 26.3 Å². The van der Waals surface area contributed by atoms with Crippen LogP contribution >= 0.6 is 0 Å². The average Bonchev–Trinajstić information content (AvgIpc) is 3.11. The lowest BCUT2D eigenvalue weighted by Gasteiger charge is -2.06. The number of anilines is 1. The van der Waals surface area contributed by atoms with Crippen LogP contribution in [0.1, 0.15) is 30.1 Å². The second kappa shape index (κ2) is 8.85. The zero-order chi connectivity index (χ0) is 19.9. The van der Waals surface area contributed by atoms with Crippen LogP contribution in [0.4, 0.5) is 5.82 Å². The number of Topliss-reactive ketones (excluding diaryl/α,β-unsaturated/α-hetero) is 1. The minimum absolute atomic E-state index is 0.139. The third-order valence-electron chi connectivity index (χ3n) is 3.95. The molecule has 1 N–H and O–H groups in total. The molecule has 0 saturated carbocycles. The van der Waals surface area contributed by atoms with Gasteiger partial charge in [-0.25, -0.2) is 15.0 Å². The molecule has 0 aliphatic heterocycles. The Labute approximate surface area is 160 Å². The van der Waals surface area contributed by atoms with Crippen LogP contribution in [0.5, 0.6) is 0 Å². The maximum atomic E-state index is 12.3. The first-order chi connectivity index (χ1) is 13.6. The summed E-state index contributed by atoms with van der Waals surface area (Å²) in [7, 11) is 0. The summed E-state index contributed by atoms with van der Waals surface area (Å²) in [6.07, 6.45) is 2.73. The van der Waals surface area contributed by atoms with Gasteiger partial charge in [0.2, 0.25) is 0 Å². The maximum Gasteiger partial charge on any atom is 0.313 e. The molecule has 1 aromatic carbocycles. The third-order valence-corrected chi connectivity index (χ3v) is 3.95. The van der Waals surface area contributed by atoms with E-state index in [9.17, 15) is 14.4 Å². The van der Waals surface area contributed by atoms with E-state index in [-0.39, 0.29) is 37.0 Å². The van der Waals surface area contributed by atoms with Crippen molar-refractivity contribution in [3.63, 3.8) is 0 Å². The van der Waals surface area contributed by atoms with Gasteiger partial charge in [0.05, 0.1) is 12.9 Å². The molecule has 3 rings (SSSR count). The van der Waals surface area contributed by atoms with Gasteiger partial charge >= 0.3 is 5.97 Å². The van der Waals surface area contributed by atoms with Gasteiger partial charge in [-0.1, -0.05) is 18.2 Å². The summed E-state index contributed by atoms with van der Waals surface area (Å²) < 4.78 is 6.45. The summed E-state index contributed by atoms with van der Waals surface area (Å²) in [5.74, 6) is -0.779. The van der Waals surface area contributed by atoms with Crippen LogP contribution in [0.15, 0.2) is 43.0 Å². The first kappa shape index (κ1) is 19.2. The number of aromatic nitrogens is 4. The van der Waals surface area contributed by atoms with Gasteiger partial charge in [-0.2, -0.15) is 0 Å². The number of fused-ring (bicyclic) bond motifs is 1. The van der Waals surface area contributed by atoms with Crippen molar-refractivity contribution in [2.75, 3.05) is 11.9 Å². The van der Waals surface area contributed by atoms with E-state index >= 15 is 0 Å². The van der Waals surface area contributed by atoms with Crippen molar-refractivity contribution in [3.05, 3.63) is 48.5 Å². The van der Waals surface area contributed by atoms with Gasteiger partial charge in [-0.05, 0) is 19.1 Å². The second-order valence-electron chi connectivity index (χ2n) is 5.92. The van der Waals surface area contributed by atoms with Crippen LogP contribution in [0.2, 0.25) is 0 Å². The lowest BCUT2D eigenvalue weighted by molar-refractivity contribution is -0.145. The highest BCUT2D eigenvalue weighted by atomic mass is 16.5. The number of nitrogens with one attached hydrogen (secondary N) is 1. The number of imidazole rings is 1. The van der Waals surface area contributed by atoms with Crippen LogP contribution in [0, 0.1) is 0 Å². The van der Waals surface area contributed by atoms with Gasteiger partial charge in [0, 0.05) is 18.5 Å². The smallest absolute Gasteiger partial charge is 0.313 e. The highest BCUT2D eigenvalue weighted by Gasteiger charge is 2.15. The molecule has 0 bridgehead atoms. The molecule has 0 unspecified atom stereocenters. The van der Waals surface area contributed by atoms with E-state index in [1.807, 2.05) is 6.07 Å². The van der Waals surface area contributed by atoms with E-state index in [1.165, 1.54) is 12.7 Å². The minimum Gasteiger partial charge on any atom is -0.466 e. The number of hydrogen-bond donors (Lipinski definition) is 1. The second-order valence-corrected chi connectivity index (χ2v) is 5.92. The van der Waals surface area contributed by atoms with Crippen LogP contribution < -0.4 is 5.32 Å². The molecule has 0 atom stereocenters. The van der Waals surface area contributed by atoms with E-state index in [0.717, 1.165) is 0 Å². The Morgan fingerprint density at radius 1 is 1.11 bits per heavy atom. The molecule has 0 fully saturated rings. The first-order valence-electron chi connectivity index (χ1n) is 8.78. The molecule has 0 saturated heterocycles. The predicted molar refractivity (Wildman–Crippen MR) is 101 cm³/mol. The zero-order valence-electron chi connectivity index (χ0n) is 15.3. The highest BCUT2D eigenvalue weighted by molar-refractivity contribution is 6.06. The van der Waals surface area contributed by atoms with Crippen molar-refractivity contribution in [1.82, 2.24) is 19.5 Å². The van der Waals surface area contributed by atoms with Crippen molar-refractivity contribution < 1.29 is 19.1 Å². The number of aryl methyl sites for hydroxylation is 1. The molecule has 2 aromatic heterocycles. The summed E-state index contributed by atoms with van der Waals surface area (Å²) in [5, 5.41) is 2.73. The largest absolute Gasteiger partial charge is 0.466 e. The number of ether oxygens (including phenoxy) is 1. The number of ketones is 1. The fraction of sp³-hybridized carbons (Fsp3) is 0.263. The lowest BCUT2D eigenvalue weighted by Crippen LogP contribution is -2.14. The SMILES string of the molecule is CCOC(=O)CC(=O)CCn1cnc2c(NC(=O)c3ccccc3)ncnc21. The van der Waals surface area contributed by atoms with Crippen LogP contribution in [0.3, 0.4) is 0 Å². The Balaban J connectivity index is 1.70. The molecule has 9 nitrogen and oxygen atoms in total. The summed E-state index contributed by atoms with van der Waals surface area (Å²) in [6.45, 7) is 2.23. The molecule has 1 amide bonds. The standard InChI is InChI=1S/C19H19N5O4/c1-2-28-15(26)10-14(25)8-9-24-12-22-16-17(20-11-21-18(16)24)23-19(27)13-6-4-3-5-7-13/h3-7,11-12H,2,8-10H2,1H3,(H,20,21,23,27). The Bertz CT molecular complexity index is 1000. The Kier molecular flexibility index (Phi) is 6.05. The Morgan fingerprint density at radius 3 is 2.64 bits per heavy atom. The number of carbonyl (C=O) groups is 3. The van der Waals surface area contributed by atoms with E-state index in [1.54, 1.807) is 35.8 Å². The van der Waals surface area contributed by atoms with Gasteiger partial charge in [0.25, 0.3) is 5.91 Å². The van der Waals surface area contributed by atoms with Gasteiger partial charge in [0.15, 0.2) is 17.0 Å². The van der Waals surface area contributed by atoms with Crippen molar-refractivity contribution in [2.24, 2.45) is 0 Å². The van der Waals surface area contributed by atoms with Crippen molar-refractivity contribution in [3.8, 4) is 0 Å². The van der Waals surface area contributed by atoms with E-state index < -0.39 is 5.97 Å². The van der Waals surface area contributed by atoms with Crippen LogP contribution in [0.25, 0.3) is 11.2 Å². The number of carbonyl (C=O) groups excluding carboxylic acids is 3. The number of benzene rings is 1. The van der Waals surface area contributed by atoms with Gasteiger partial charge in [-0.3, -0.25) is 14.4 Å². The molecule has 0 aliphatic carbocycles. The molecule has 0 aliphatic rings. The Hall–Kier alpha value is -3.62. The molecule has 9 heteroatoms. The number of nitrogens with zero attached hydrogens (tertiary/aromatic N) is 4. The first-order valence-corrected chi connectivity index (χ1v) is 8.78. The quantitative estimate of drug-likeness (QED) is 0.468. The fourth-order valence-corrected chi connectivity index (χ4v) is 2.61. The molecule has 0 spiro atoms.